The van der Waals surface area contributed by atoms with Gasteiger partial charge in [-0.15, -0.1) is 5.10 Å². The van der Waals surface area contributed by atoms with Gasteiger partial charge in [0.25, 0.3) is 0 Å². The molecule has 7 nitrogen and oxygen atoms in total. The van der Waals surface area contributed by atoms with Gasteiger partial charge in [0, 0.05) is 12.1 Å². The molecule has 0 fully saturated rings. The fourth-order valence-electron chi connectivity index (χ4n) is 2.60. The number of ether oxygens (including phenoxy) is 1. The maximum Gasteiger partial charge on any atom is 0.250 e. The first kappa shape index (κ1) is 20.8. The third-order valence-corrected chi connectivity index (χ3v) is 4.95. The molecular formula is C20H20N4O3S2. The Balaban J connectivity index is 1.48. The van der Waals surface area contributed by atoms with Crippen molar-refractivity contribution in [3.63, 3.8) is 0 Å². The van der Waals surface area contributed by atoms with Crippen molar-refractivity contribution >= 4 is 46.2 Å². The van der Waals surface area contributed by atoms with Crippen LogP contribution in [0.2, 0.25) is 0 Å². The van der Waals surface area contributed by atoms with E-state index in [9.17, 15) is 9.59 Å². The molecule has 2 aromatic carbocycles. The van der Waals surface area contributed by atoms with Crippen LogP contribution < -0.4 is 10.6 Å². The number of aryl methyl sites for hydroxylation is 1. The Kier molecular flexibility index (Phi) is 7.62. The fraction of sp³-hybridized carbons (Fsp3) is 0.200. The molecule has 0 atom stereocenters. The minimum atomic E-state index is -0.242. The largest absolute Gasteiger partial charge is 0.367 e. The number of H-pyrrole nitrogens is 1. The Hall–Kier alpha value is -2.88. The average Bonchev–Trinajstić information content (AvgIpc) is 3.12. The Morgan fingerprint density at radius 2 is 1.79 bits per heavy atom. The second-order valence-corrected chi connectivity index (χ2v) is 7.82. The molecular weight excluding hydrogens is 408 g/mol. The molecule has 1 aromatic heterocycles. The zero-order valence-electron chi connectivity index (χ0n) is 15.5. The van der Waals surface area contributed by atoms with E-state index in [1.54, 1.807) is 0 Å². The minimum Gasteiger partial charge on any atom is -0.367 e. The molecule has 0 radical (unpaired) electrons. The van der Waals surface area contributed by atoms with Gasteiger partial charge >= 0.3 is 0 Å². The van der Waals surface area contributed by atoms with Crippen LogP contribution in [0.25, 0.3) is 0 Å². The smallest absolute Gasteiger partial charge is 0.250 e. The fourth-order valence-corrected chi connectivity index (χ4v) is 3.40. The highest BCUT2D eigenvalue weighted by atomic mass is 32.1. The molecule has 0 saturated carbocycles. The summed E-state index contributed by atoms with van der Waals surface area (Å²) in [4.78, 5) is 24.3. The van der Waals surface area contributed by atoms with Crippen LogP contribution in [-0.4, -0.2) is 28.6 Å². The van der Waals surface area contributed by atoms with Gasteiger partial charge in [-0.3, -0.25) is 14.7 Å². The van der Waals surface area contributed by atoms with Crippen LogP contribution >= 0.6 is 23.6 Å². The zero-order valence-corrected chi connectivity index (χ0v) is 17.1. The lowest BCUT2D eigenvalue weighted by atomic mass is 10.1. The molecule has 0 aliphatic carbocycles. The zero-order chi connectivity index (χ0) is 20.5. The third-order valence-electron chi connectivity index (χ3n) is 3.94. The van der Waals surface area contributed by atoms with Crippen molar-refractivity contribution in [3.8, 4) is 0 Å². The molecule has 0 bridgehead atoms. The molecule has 0 unspecified atom stereocenters. The van der Waals surface area contributed by atoms with E-state index in [4.69, 9.17) is 17.0 Å². The number of anilines is 2. The average molecular weight is 429 g/mol. The lowest BCUT2D eigenvalue weighted by molar-refractivity contribution is -0.121. The number of para-hydroxylation sites is 1. The molecule has 0 saturated heterocycles. The first-order valence-corrected chi connectivity index (χ1v) is 10.2. The Bertz CT molecular complexity index is 1020. The standard InChI is InChI=1S/C20H20N4O3S2/c25-17(22-19-23-24-20(28)29-19)11-10-15-8-4-5-9-16(15)21-18(26)13-27-12-14-6-2-1-3-7-14/h1-9H,10-13H2,(H,21,26)(H,24,28)(H,22,23,25). The van der Waals surface area contributed by atoms with Gasteiger partial charge < -0.3 is 15.4 Å². The number of benzene rings is 2. The van der Waals surface area contributed by atoms with Crippen molar-refractivity contribution in [3.05, 3.63) is 69.7 Å². The summed E-state index contributed by atoms with van der Waals surface area (Å²) in [6, 6.07) is 17.1. The number of aromatic nitrogens is 2. The Morgan fingerprint density at radius 1 is 1.03 bits per heavy atom. The molecule has 3 N–H and O–H groups in total. The van der Waals surface area contributed by atoms with Crippen LogP contribution in [0.5, 0.6) is 0 Å². The van der Waals surface area contributed by atoms with Gasteiger partial charge in [0.15, 0.2) is 3.95 Å². The third kappa shape index (κ3) is 6.90. The number of carbonyl (C=O) groups excluding carboxylic acids is 2. The number of carbonyl (C=O) groups is 2. The topological polar surface area (TPSA) is 96.1 Å². The van der Waals surface area contributed by atoms with Crippen LogP contribution in [0.4, 0.5) is 10.8 Å². The van der Waals surface area contributed by atoms with Crippen molar-refractivity contribution in [2.75, 3.05) is 17.2 Å². The molecule has 2 amide bonds. The molecule has 3 rings (SSSR count). The van der Waals surface area contributed by atoms with Crippen LogP contribution in [0.3, 0.4) is 0 Å². The molecule has 0 spiro atoms. The predicted octanol–water partition coefficient (Wildman–Crippen LogP) is 3.93. The monoisotopic (exact) mass is 428 g/mol. The summed E-state index contributed by atoms with van der Waals surface area (Å²) in [6.45, 7) is 0.323. The lowest BCUT2D eigenvalue weighted by Crippen LogP contribution is -2.19. The summed E-state index contributed by atoms with van der Waals surface area (Å²) in [5.74, 6) is -0.413. The quantitative estimate of drug-likeness (QED) is 0.449. The van der Waals surface area contributed by atoms with Gasteiger partial charge in [-0.1, -0.05) is 59.9 Å². The van der Waals surface area contributed by atoms with Crippen molar-refractivity contribution < 1.29 is 14.3 Å². The minimum absolute atomic E-state index is 0.0479. The van der Waals surface area contributed by atoms with E-state index in [1.165, 1.54) is 11.3 Å². The van der Waals surface area contributed by atoms with Gasteiger partial charge in [0.1, 0.15) is 6.61 Å². The van der Waals surface area contributed by atoms with Crippen molar-refractivity contribution in [1.29, 1.82) is 0 Å². The Labute approximate surface area is 177 Å². The number of aromatic amines is 1. The first-order chi connectivity index (χ1) is 14.1. The van der Waals surface area contributed by atoms with Crippen LogP contribution in [0.1, 0.15) is 17.5 Å². The summed E-state index contributed by atoms with van der Waals surface area (Å²) in [7, 11) is 0. The summed E-state index contributed by atoms with van der Waals surface area (Å²) >= 11 is 6.14. The normalized spacial score (nSPS) is 10.5. The van der Waals surface area contributed by atoms with E-state index in [1.807, 2.05) is 54.6 Å². The van der Waals surface area contributed by atoms with Crippen LogP contribution in [-0.2, 0) is 27.4 Å². The van der Waals surface area contributed by atoms with E-state index in [0.717, 1.165) is 11.1 Å². The molecule has 150 valence electrons. The predicted molar refractivity (Wildman–Crippen MR) is 115 cm³/mol. The number of amides is 2. The molecule has 0 aliphatic heterocycles. The molecule has 3 aromatic rings. The second kappa shape index (κ2) is 10.6. The Morgan fingerprint density at radius 3 is 2.55 bits per heavy atom. The van der Waals surface area contributed by atoms with E-state index >= 15 is 0 Å². The number of hydrogen-bond acceptors (Lipinski definition) is 6. The highest BCUT2D eigenvalue weighted by molar-refractivity contribution is 7.73. The van der Waals surface area contributed by atoms with Gasteiger partial charge in [-0.2, -0.15) is 0 Å². The van der Waals surface area contributed by atoms with Crippen LogP contribution in [0.15, 0.2) is 54.6 Å². The second-order valence-electron chi connectivity index (χ2n) is 6.15. The van der Waals surface area contributed by atoms with Crippen molar-refractivity contribution in [1.82, 2.24) is 10.2 Å². The lowest BCUT2D eigenvalue weighted by Gasteiger charge is -2.11. The summed E-state index contributed by atoms with van der Waals surface area (Å²) < 4.78 is 5.97. The van der Waals surface area contributed by atoms with E-state index in [2.05, 4.69) is 20.8 Å². The number of rotatable bonds is 9. The maximum absolute atomic E-state index is 12.2. The summed E-state index contributed by atoms with van der Waals surface area (Å²) in [5, 5.41) is 12.5. The molecule has 1 heterocycles. The van der Waals surface area contributed by atoms with Crippen molar-refractivity contribution in [2.24, 2.45) is 0 Å². The van der Waals surface area contributed by atoms with E-state index in [0.29, 0.717) is 27.8 Å². The number of nitrogens with zero attached hydrogens (tertiary/aromatic N) is 1. The van der Waals surface area contributed by atoms with Gasteiger partial charge in [-0.25, -0.2) is 0 Å². The highest BCUT2D eigenvalue weighted by Gasteiger charge is 2.10. The van der Waals surface area contributed by atoms with Gasteiger partial charge in [-0.05, 0) is 35.8 Å². The van der Waals surface area contributed by atoms with Crippen LogP contribution in [0, 0.1) is 3.95 Å². The maximum atomic E-state index is 12.2. The van der Waals surface area contributed by atoms with E-state index < -0.39 is 0 Å². The molecule has 9 heteroatoms. The summed E-state index contributed by atoms with van der Waals surface area (Å²) in [6.07, 6.45) is 0.729. The van der Waals surface area contributed by atoms with Gasteiger partial charge in [0.05, 0.1) is 6.61 Å². The SMILES string of the molecule is O=C(CCc1ccccc1NC(=O)COCc1ccccc1)Nc1n[nH]c(=S)s1. The number of hydrogen-bond donors (Lipinski definition) is 3. The molecule has 29 heavy (non-hydrogen) atoms. The number of nitrogens with one attached hydrogen (secondary N) is 3. The van der Waals surface area contributed by atoms with E-state index in [-0.39, 0.29) is 24.8 Å². The van der Waals surface area contributed by atoms with Gasteiger partial charge in [0.2, 0.25) is 16.9 Å². The highest BCUT2D eigenvalue weighted by Crippen LogP contribution is 2.18. The first-order valence-electron chi connectivity index (χ1n) is 8.95. The van der Waals surface area contributed by atoms with Crippen molar-refractivity contribution in [2.45, 2.75) is 19.4 Å². The molecule has 0 aliphatic rings. The summed E-state index contributed by atoms with van der Waals surface area (Å²) in [5.41, 5.74) is 2.55.